The van der Waals surface area contributed by atoms with Crippen LogP contribution in [0, 0.1) is 0 Å². The van der Waals surface area contributed by atoms with Crippen molar-refractivity contribution in [2.75, 3.05) is 20.8 Å². The van der Waals surface area contributed by atoms with Crippen LogP contribution in [-0.4, -0.2) is 43.1 Å². The molecule has 0 aliphatic heterocycles. The zero-order chi connectivity index (χ0) is 21.0. The van der Waals surface area contributed by atoms with Gasteiger partial charge in [0.2, 0.25) is 0 Å². The van der Waals surface area contributed by atoms with Crippen LogP contribution in [0.4, 0.5) is 0 Å². The minimum Gasteiger partial charge on any atom is -0.495 e. The topological polar surface area (TPSA) is 83.8 Å². The average molecular weight is 416 g/mol. The number of para-hydroxylation sites is 1. The number of Topliss-reactive ketones (excluding diaryl/α,β-unsaturated/α-hetero) is 1. The van der Waals surface area contributed by atoms with Gasteiger partial charge in [-0.1, -0.05) is 29.8 Å². The van der Waals surface area contributed by atoms with E-state index in [-0.39, 0.29) is 6.54 Å². The number of rotatable bonds is 7. The largest absolute Gasteiger partial charge is 0.495 e. The van der Waals surface area contributed by atoms with Gasteiger partial charge in [-0.2, -0.15) is 0 Å². The van der Waals surface area contributed by atoms with Crippen molar-refractivity contribution in [1.82, 2.24) is 4.57 Å². The van der Waals surface area contributed by atoms with E-state index in [2.05, 4.69) is 0 Å². The molecule has 0 saturated heterocycles. The van der Waals surface area contributed by atoms with Crippen LogP contribution in [0.1, 0.15) is 20.7 Å². The summed E-state index contributed by atoms with van der Waals surface area (Å²) in [4.78, 5) is 36.5. The highest BCUT2D eigenvalue weighted by atomic mass is 35.5. The van der Waals surface area contributed by atoms with Crippen LogP contribution in [0.5, 0.6) is 5.75 Å². The van der Waals surface area contributed by atoms with E-state index < -0.39 is 24.3 Å². The predicted octanol–water partition coefficient (Wildman–Crippen LogP) is 3.52. The maximum atomic E-state index is 12.3. The van der Waals surface area contributed by atoms with Crippen molar-refractivity contribution in [3.8, 4) is 5.75 Å². The van der Waals surface area contributed by atoms with E-state index >= 15 is 0 Å². The fourth-order valence-electron chi connectivity index (χ4n) is 2.90. The summed E-state index contributed by atoms with van der Waals surface area (Å²) >= 11 is 6.01. The van der Waals surface area contributed by atoms with Crippen LogP contribution >= 0.6 is 11.6 Å². The first kappa shape index (κ1) is 20.4. The lowest BCUT2D eigenvalue weighted by atomic mass is 10.1. The lowest BCUT2D eigenvalue weighted by Gasteiger charge is -2.08. The Morgan fingerprint density at radius 1 is 1.07 bits per heavy atom. The molecule has 150 valence electrons. The van der Waals surface area contributed by atoms with Gasteiger partial charge in [0, 0.05) is 22.7 Å². The first-order chi connectivity index (χ1) is 13.9. The first-order valence-electron chi connectivity index (χ1n) is 8.63. The van der Waals surface area contributed by atoms with Crippen molar-refractivity contribution in [1.29, 1.82) is 0 Å². The molecular formula is C21H18ClNO6. The number of carbonyl (C=O) groups is 3. The van der Waals surface area contributed by atoms with E-state index in [1.807, 2.05) is 0 Å². The van der Waals surface area contributed by atoms with Gasteiger partial charge < -0.3 is 18.8 Å². The number of esters is 2. The Kier molecular flexibility index (Phi) is 6.19. The molecule has 0 unspecified atom stereocenters. The molecular weight excluding hydrogens is 398 g/mol. The number of nitrogens with zero attached hydrogens (tertiary/aromatic N) is 1. The van der Waals surface area contributed by atoms with Gasteiger partial charge in [0.15, 0.2) is 12.4 Å². The molecule has 0 amide bonds. The molecule has 0 radical (unpaired) electrons. The molecule has 0 bridgehead atoms. The average Bonchev–Trinajstić information content (AvgIpc) is 3.09. The first-order valence-corrected chi connectivity index (χ1v) is 9.01. The smallest absolute Gasteiger partial charge is 0.340 e. The number of ketones is 1. The summed E-state index contributed by atoms with van der Waals surface area (Å²) < 4.78 is 16.5. The molecule has 0 fully saturated rings. The van der Waals surface area contributed by atoms with Gasteiger partial charge in [-0.05, 0) is 24.3 Å². The summed E-state index contributed by atoms with van der Waals surface area (Å²) in [6.45, 7) is -0.585. The van der Waals surface area contributed by atoms with Crippen molar-refractivity contribution in [3.05, 3.63) is 64.8 Å². The fraction of sp³-hybridized carbons (Fsp3) is 0.190. The number of methoxy groups -OCH3 is 2. The molecule has 0 N–H and O–H groups in total. The minimum absolute atomic E-state index is 0.159. The number of hydrogen-bond acceptors (Lipinski definition) is 6. The molecule has 7 nitrogen and oxygen atoms in total. The van der Waals surface area contributed by atoms with E-state index in [0.717, 1.165) is 0 Å². The monoisotopic (exact) mass is 415 g/mol. The van der Waals surface area contributed by atoms with Crippen molar-refractivity contribution in [3.63, 3.8) is 0 Å². The molecule has 2 aromatic carbocycles. The highest BCUT2D eigenvalue weighted by molar-refractivity contribution is 6.32. The molecule has 0 saturated carbocycles. The number of hydrogen-bond donors (Lipinski definition) is 0. The third-order valence-electron chi connectivity index (χ3n) is 4.33. The predicted molar refractivity (Wildman–Crippen MR) is 107 cm³/mol. The third-order valence-corrected chi connectivity index (χ3v) is 4.63. The molecule has 0 spiro atoms. The highest BCUT2D eigenvalue weighted by Gasteiger charge is 2.18. The summed E-state index contributed by atoms with van der Waals surface area (Å²) in [5.74, 6) is -1.06. The number of halogens is 1. The number of aromatic nitrogens is 1. The molecule has 1 heterocycles. The Morgan fingerprint density at radius 3 is 2.52 bits per heavy atom. The normalized spacial score (nSPS) is 10.6. The quantitative estimate of drug-likeness (QED) is 0.433. The minimum atomic E-state index is -0.616. The second-order valence-corrected chi connectivity index (χ2v) is 6.52. The fourth-order valence-corrected chi connectivity index (χ4v) is 3.16. The SMILES string of the molecule is COC(=O)c1cn(CC(=O)OCC(=O)c2ccc(OC)c(Cl)c2)c2ccccc12. The van der Waals surface area contributed by atoms with Crippen molar-refractivity contribution in [2.24, 2.45) is 0 Å². The maximum Gasteiger partial charge on any atom is 0.340 e. The molecule has 8 heteroatoms. The molecule has 0 aliphatic rings. The Balaban J connectivity index is 1.69. The van der Waals surface area contributed by atoms with E-state index in [1.165, 1.54) is 26.5 Å². The van der Waals surface area contributed by atoms with Crippen LogP contribution in [-0.2, 0) is 20.8 Å². The van der Waals surface area contributed by atoms with Crippen molar-refractivity contribution in [2.45, 2.75) is 6.54 Å². The van der Waals surface area contributed by atoms with Gasteiger partial charge in [0.05, 0.1) is 24.8 Å². The van der Waals surface area contributed by atoms with Crippen LogP contribution in [0.2, 0.25) is 5.02 Å². The van der Waals surface area contributed by atoms with E-state index in [1.54, 1.807) is 41.0 Å². The Hall–Kier alpha value is -3.32. The highest BCUT2D eigenvalue weighted by Crippen LogP contribution is 2.25. The standard InChI is InChI=1S/C21H18ClNO6/c1-27-19-8-7-13(9-16(19)22)18(24)12-29-20(25)11-23-10-15(21(26)28-2)14-5-3-4-6-17(14)23/h3-10H,11-12H2,1-2H3. The number of benzene rings is 2. The zero-order valence-electron chi connectivity index (χ0n) is 15.8. The number of ether oxygens (including phenoxy) is 3. The lowest BCUT2D eigenvalue weighted by Crippen LogP contribution is -2.18. The molecule has 1 aromatic heterocycles. The van der Waals surface area contributed by atoms with Crippen LogP contribution < -0.4 is 4.74 Å². The molecule has 3 aromatic rings. The third kappa shape index (κ3) is 4.41. The van der Waals surface area contributed by atoms with Gasteiger partial charge in [0.25, 0.3) is 0 Å². The van der Waals surface area contributed by atoms with Gasteiger partial charge in [-0.15, -0.1) is 0 Å². The summed E-state index contributed by atoms with van der Waals surface area (Å²) in [5, 5.41) is 0.954. The number of fused-ring (bicyclic) bond motifs is 1. The maximum absolute atomic E-state index is 12.3. The Morgan fingerprint density at radius 2 is 1.83 bits per heavy atom. The summed E-state index contributed by atoms with van der Waals surface area (Å²) in [6.07, 6.45) is 1.53. The second kappa shape index (κ2) is 8.79. The summed E-state index contributed by atoms with van der Waals surface area (Å²) in [7, 11) is 2.76. The molecule has 0 atom stereocenters. The summed E-state index contributed by atoms with van der Waals surface area (Å²) in [6, 6.07) is 11.7. The van der Waals surface area contributed by atoms with Crippen LogP contribution in [0.3, 0.4) is 0 Å². The van der Waals surface area contributed by atoms with Crippen molar-refractivity contribution < 1.29 is 28.6 Å². The molecule has 29 heavy (non-hydrogen) atoms. The van der Waals surface area contributed by atoms with Crippen LogP contribution in [0.15, 0.2) is 48.7 Å². The van der Waals surface area contributed by atoms with Gasteiger partial charge in [-0.25, -0.2) is 4.79 Å². The number of carbonyl (C=O) groups excluding carboxylic acids is 3. The van der Waals surface area contributed by atoms with E-state index in [9.17, 15) is 14.4 Å². The molecule has 0 aliphatic carbocycles. The Bertz CT molecular complexity index is 1090. The van der Waals surface area contributed by atoms with E-state index in [0.29, 0.717) is 32.8 Å². The van der Waals surface area contributed by atoms with Gasteiger partial charge >= 0.3 is 11.9 Å². The van der Waals surface area contributed by atoms with Gasteiger partial charge in [-0.3, -0.25) is 9.59 Å². The van der Waals surface area contributed by atoms with Crippen LogP contribution in [0.25, 0.3) is 10.9 Å². The molecule has 3 rings (SSSR count). The zero-order valence-corrected chi connectivity index (χ0v) is 16.6. The van der Waals surface area contributed by atoms with E-state index in [4.69, 9.17) is 25.8 Å². The second-order valence-electron chi connectivity index (χ2n) is 6.11. The van der Waals surface area contributed by atoms with Crippen molar-refractivity contribution >= 4 is 40.2 Å². The van der Waals surface area contributed by atoms with Gasteiger partial charge in [0.1, 0.15) is 12.3 Å². The summed E-state index contributed by atoms with van der Waals surface area (Å²) in [5.41, 5.74) is 1.33. The lowest BCUT2D eigenvalue weighted by molar-refractivity contribution is -0.143. The Labute approximate surface area is 171 Å².